The maximum absolute atomic E-state index is 14.9. The minimum Gasteiger partial charge on any atom is -0.367 e. The van der Waals surface area contributed by atoms with Crippen LogP contribution in [0.3, 0.4) is 0 Å². The van der Waals surface area contributed by atoms with Gasteiger partial charge < -0.3 is 10.6 Å². The molecule has 0 aromatic heterocycles. The Balaban J connectivity index is 1.53. The lowest BCUT2D eigenvalue weighted by Gasteiger charge is -2.22. The van der Waals surface area contributed by atoms with Gasteiger partial charge in [0.05, 0.1) is 23.1 Å². The lowest BCUT2D eigenvalue weighted by molar-refractivity contribution is -0.137. The average molecular weight is 645 g/mol. The van der Waals surface area contributed by atoms with Crippen molar-refractivity contribution in [3.63, 3.8) is 0 Å². The van der Waals surface area contributed by atoms with Crippen LogP contribution >= 0.6 is 22.6 Å². The Morgan fingerprint density at radius 1 is 1.14 bits per heavy atom. The van der Waals surface area contributed by atoms with Gasteiger partial charge in [0, 0.05) is 39.6 Å². The van der Waals surface area contributed by atoms with Crippen LogP contribution < -0.4 is 15.4 Å². The molecule has 1 aromatic carbocycles. The number of hydrogen-bond acceptors (Lipinski definition) is 5. The molecule has 0 spiro atoms. The van der Waals surface area contributed by atoms with E-state index in [1.807, 2.05) is 6.08 Å². The van der Waals surface area contributed by atoms with E-state index in [0.29, 0.717) is 23.3 Å². The molecule has 36 heavy (non-hydrogen) atoms. The van der Waals surface area contributed by atoms with Gasteiger partial charge in [0.1, 0.15) is 12.3 Å². The fourth-order valence-corrected chi connectivity index (χ4v) is 5.41. The van der Waals surface area contributed by atoms with E-state index in [0.717, 1.165) is 15.7 Å². The van der Waals surface area contributed by atoms with Crippen LogP contribution in [0.4, 0.5) is 22.0 Å². The third-order valence-corrected chi connectivity index (χ3v) is 8.10. The molecule has 1 aromatic rings. The number of Topliss-reactive ketones (excluding diaryl/α,β-unsaturated/α-hetero) is 1. The second kappa shape index (κ2) is 11.6. The third kappa shape index (κ3) is 6.85. The predicted octanol–water partition coefficient (Wildman–Crippen LogP) is 4.51. The van der Waals surface area contributed by atoms with Gasteiger partial charge in [-0.15, -0.1) is 0 Å². The van der Waals surface area contributed by atoms with Crippen molar-refractivity contribution < 1.29 is 35.2 Å². The predicted molar refractivity (Wildman–Crippen MR) is 133 cm³/mol. The van der Waals surface area contributed by atoms with Gasteiger partial charge in [0.25, 0.3) is 0 Å². The first-order valence-electron chi connectivity index (χ1n) is 11.0. The SMILES string of the molecule is CC(C(=O)C1=CNC2NC=C(I)C=C12)C(F)CCC(CF)CNS(=O)(=O)c1ccc(C(F)(F)F)cc1. The zero-order valence-corrected chi connectivity index (χ0v) is 22.1. The summed E-state index contributed by atoms with van der Waals surface area (Å²) in [5.74, 6) is -2.26. The monoisotopic (exact) mass is 645 g/mol. The van der Waals surface area contributed by atoms with Crippen LogP contribution in [0.1, 0.15) is 25.3 Å². The van der Waals surface area contributed by atoms with Crippen LogP contribution in [0.2, 0.25) is 0 Å². The summed E-state index contributed by atoms with van der Waals surface area (Å²) in [4.78, 5) is 12.5. The lowest BCUT2D eigenvalue weighted by atomic mass is 9.88. The summed E-state index contributed by atoms with van der Waals surface area (Å²) in [6.45, 7) is 0.149. The molecule has 0 fully saturated rings. The zero-order chi connectivity index (χ0) is 26.7. The van der Waals surface area contributed by atoms with Gasteiger partial charge in [0.15, 0.2) is 5.78 Å². The molecule has 4 unspecified atom stereocenters. The number of nitrogens with one attached hydrogen (secondary N) is 3. The molecule has 3 N–H and O–H groups in total. The van der Waals surface area contributed by atoms with E-state index in [1.165, 1.54) is 6.92 Å². The minimum atomic E-state index is -4.61. The molecule has 2 aliphatic rings. The fourth-order valence-electron chi connectivity index (χ4n) is 3.78. The van der Waals surface area contributed by atoms with E-state index in [-0.39, 0.29) is 25.6 Å². The number of alkyl halides is 5. The normalized spacial score (nSPS) is 20.2. The molecule has 0 amide bonds. The van der Waals surface area contributed by atoms with Gasteiger partial charge >= 0.3 is 6.18 Å². The lowest BCUT2D eigenvalue weighted by Crippen LogP contribution is -2.37. The second-order valence-corrected chi connectivity index (χ2v) is 11.6. The average Bonchev–Trinajstić information content (AvgIpc) is 3.25. The van der Waals surface area contributed by atoms with E-state index >= 15 is 0 Å². The van der Waals surface area contributed by atoms with Crippen molar-refractivity contribution >= 4 is 38.4 Å². The number of hydrogen-bond donors (Lipinski definition) is 3. The number of carbonyl (C=O) groups excluding carboxylic acids is 1. The summed E-state index contributed by atoms with van der Waals surface area (Å²) in [7, 11) is -4.19. The fraction of sp³-hybridized carbons (Fsp3) is 0.435. The summed E-state index contributed by atoms with van der Waals surface area (Å²) >= 11 is 2.10. The Bertz CT molecular complexity index is 1170. The number of benzene rings is 1. The molecule has 0 saturated heterocycles. The van der Waals surface area contributed by atoms with Gasteiger partial charge in [-0.05, 0) is 65.8 Å². The van der Waals surface area contributed by atoms with Crippen LogP contribution in [0.5, 0.6) is 0 Å². The first-order chi connectivity index (χ1) is 16.8. The highest BCUT2D eigenvalue weighted by Crippen LogP contribution is 2.31. The molecule has 0 aliphatic carbocycles. The molecule has 0 bridgehead atoms. The van der Waals surface area contributed by atoms with Crippen molar-refractivity contribution in [1.29, 1.82) is 0 Å². The van der Waals surface area contributed by atoms with Crippen LogP contribution in [-0.2, 0) is 21.0 Å². The van der Waals surface area contributed by atoms with E-state index < -0.39 is 57.1 Å². The van der Waals surface area contributed by atoms with Crippen LogP contribution in [-0.4, -0.2) is 39.8 Å². The number of fused-ring (bicyclic) bond motifs is 1. The maximum atomic E-state index is 14.9. The summed E-state index contributed by atoms with van der Waals surface area (Å²) in [6.07, 6.45) is -1.49. The topological polar surface area (TPSA) is 87.3 Å². The Morgan fingerprint density at radius 2 is 1.78 bits per heavy atom. The number of halogens is 6. The molecule has 2 aliphatic heterocycles. The van der Waals surface area contributed by atoms with Crippen LogP contribution in [0.15, 0.2) is 62.4 Å². The minimum absolute atomic E-state index is 0.0321. The highest BCUT2D eigenvalue weighted by molar-refractivity contribution is 14.1. The van der Waals surface area contributed by atoms with E-state index in [2.05, 4.69) is 37.9 Å². The summed E-state index contributed by atoms with van der Waals surface area (Å²) < 4.78 is 94.2. The first-order valence-corrected chi connectivity index (χ1v) is 13.6. The maximum Gasteiger partial charge on any atom is 0.416 e. The zero-order valence-electron chi connectivity index (χ0n) is 19.1. The third-order valence-electron chi connectivity index (χ3n) is 6.04. The Kier molecular flexibility index (Phi) is 9.20. The highest BCUT2D eigenvalue weighted by atomic mass is 127. The molecule has 4 atom stereocenters. The second-order valence-electron chi connectivity index (χ2n) is 8.59. The molecular weight excluding hydrogens is 620 g/mol. The molecule has 6 nitrogen and oxygen atoms in total. The van der Waals surface area contributed by atoms with E-state index in [1.54, 1.807) is 12.4 Å². The van der Waals surface area contributed by atoms with Crippen molar-refractivity contribution in [3.05, 3.63) is 63.0 Å². The molecular formula is C23H25F5IN3O3S. The van der Waals surface area contributed by atoms with Gasteiger partial charge in [-0.2, -0.15) is 13.2 Å². The molecule has 198 valence electrons. The quantitative estimate of drug-likeness (QED) is 0.244. The smallest absolute Gasteiger partial charge is 0.367 e. The molecule has 0 saturated carbocycles. The first kappa shape index (κ1) is 28.6. The summed E-state index contributed by atoms with van der Waals surface area (Å²) in [5, 5.41) is 6.10. The molecule has 0 radical (unpaired) electrons. The largest absolute Gasteiger partial charge is 0.416 e. The van der Waals surface area contributed by atoms with Crippen LogP contribution in [0.25, 0.3) is 0 Å². The number of dihydropyridines is 1. The Labute approximate surface area is 219 Å². The Hall–Kier alpha value is -2.00. The van der Waals surface area contributed by atoms with Gasteiger partial charge in [0.2, 0.25) is 10.0 Å². The van der Waals surface area contributed by atoms with Gasteiger partial charge in [-0.3, -0.25) is 9.18 Å². The number of allylic oxidation sites excluding steroid dienone is 2. The molecule has 13 heteroatoms. The summed E-state index contributed by atoms with van der Waals surface area (Å²) in [6, 6.07) is 2.90. The van der Waals surface area contributed by atoms with E-state index in [9.17, 15) is 35.2 Å². The molecule has 2 heterocycles. The van der Waals surface area contributed by atoms with Crippen LogP contribution in [0, 0.1) is 11.8 Å². The van der Waals surface area contributed by atoms with Crippen molar-refractivity contribution in [2.24, 2.45) is 11.8 Å². The van der Waals surface area contributed by atoms with Crippen molar-refractivity contribution in [2.45, 2.75) is 43.2 Å². The highest BCUT2D eigenvalue weighted by Gasteiger charge is 2.34. The van der Waals surface area contributed by atoms with Crippen molar-refractivity contribution in [2.75, 3.05) is 13.2 Å². The van der Waals surface area contributed by atoms with E-state index in [4.69, 9.17) is 0 Å². The number of sulfonamides is 1. The van der Waals surface area contributed by atoms with Gasteiger partial charge in [-0.1, -0.05) is 6.92 Å². The summed E-state index contributed by atoms with van der Waals surface area (Å²) in [5.41, 5.74) is 0.0872. The number of rotatable bonds is 11. The Morgan fingerprint density at radius 3 is 2.39 bits per heavy atom. The van der Waals surface area contributed by atoms with Crippen molar-refractivity contribution in [3.8, 4) is 0 Å². The number of carbonyl (C=O) groups is 1. The van der Waals surface area contributed by atoms with Crippen molar-refractivity contribution in [1.82, 2.24) is 15.4 Å². The standard InChI is InChI=1S/C23H25F5IN3O3S/c1-13(21(33)19-12-31-22-18(19)8-16(29)11-30-22)20(25)7-2-14(9-24)10-32-36(34,35)17-5-3-15(4-6-17)23(26,27)28/h3-6,8,11-14,20,22,30-32H,2,7,9-10H2,1H3. The van der Waals surface area contributed by atoms with Gasteiger partial charge in [-0.25, -0.2) is 17.5 Å². The number of ketones is 1. The molecule has 3 rings (SSSR count).